The summed E-state index contributed by atoms with van der Waals surface area (Å²) >= 11 is 5.95. The first-order chi connectivity index (χ1) is 18.3. The van der Waals surface area contributed by atoms with Gasteiger partial charge >= 0.3 is 17.8 Å². The maximum atomic E-state index is 13.1. The minimum atomic E-state index is -4.42. The third-order valence-corrected chi connectivity index (χ3v) is 6.43. The molecule has 210 valence electrons. The predicted octanol–water partition coefficient (Wildman–Crippen LogP) is 4.56. The van der Waals surface area contributed by atoms with E-state index in [0.29, 0.717) is 27.5 Å². The smallest absolute Gasteiger partial charge is 0.390 e. The van der Waals surface area contributed by atoms with Gasteiger partial charge in [-0.2, -0.15) is 13.2 Å². The van der Waals surface area contributed by atoms with Gasteiger partial charge < -0.3 is 14.4 Å². The highest BCUT2D eigenvalue weighted by molar-refractivity contribution is 6.30. The van der Waals surface area contributed by atoms with Gasteiger partial charge in [0.05, 0.1) is 19.4 Å². The van der Waals surface area contributed by atoms with Gasteiger partial charge in [0.25, 0.3) is 5.56 Å². The number of alkyl halides is 3. The maximum Gasteiger partial charge on any atom is 0.390 e. The first-order valence-corrected chi connectivity index (χ1v) is 12.5. The Kier molecular flexibility index (Phi) is 9.98. The molecule has 0 fully saturated rings. The fourth-order valence-corrected chi connectivity index (χ4v) is 4.32. The van der Waals surface area contributed by atoms with Crippen molar-refractivity contribution >= 4 is 17.6 Å². The van der Waals surface area contributed by atoms with E-state index < -0.39 is 48.8 Å². The number of carboxylic acids is 1. The van der Waals surface area contributed by atoms with Crippen molar-refractivity contribution in [3.05, 3.63) is 97.3 Å². The Morgan fingerprint density at radius 3 is 2.44 bits per heavy atom. The lowest BCUT2D eigenvalue weighted by Gasteiger charge is -2.32. The number of aliphatic carboxylic acids is 1. The topological polar surface area (TPSA) is 93.8 Å². The summed E-state index contributed by atoms with van der Waals surface area (Å²) in [6, 6.07) is 12.0. The third kappa shape index (κ3) is 8.72. The lowest BCUT2D eigenvalue weighted by atomic mass is 10.00. The van der Waals surface area contributed by atoms with Crippen LogP contribution in [-0.4, -0.2) is 44.4 Å². The molecule has 8 nitrogen and oxygen atoms in total. The molecule has 0 radical (unpaired) electrons. The van der Waals surface area contributed by atoms with E-state index >= 15 is 0 Å². The fraction of sp³-hybridized carbons (Fsp3) is 0.370. The molecule has 3 rings (SSSR count). The van der Waals surface area contributed by atoms with Crippen LogP contribution < -0.4 is 16.0 Å². The van der Waals surface area contributed by atoms with Crippen LogP contribution >= 0.6 is 11.6 Å². The standard InChI is InChI=1S/C27H29ClF3N3O5/c1-18-15-19(3-8-23(18)39-14-13-34-24(35)9-11-32(2)26(34)38)17-33(12-10-27(29,30)31)22(16-25(36)37)20-4-6-21(28)7-5-20/h3-9,11,15,22H,10,12-14,16-17H2,1-2H3,(H,36,37). The zero-order valence-corrected chi connectivity index (χ0v) is 22.2. The van der Waals surface area contributed by atoms with E-state index in [-0.39, 0.29) is 19.7 Å². The summed E-state index contributed by atoms with van der Waals surface area (Å²) in [4.78, 5) is 37.3. The molecule has 1 heterocycles. The maximum absolute atomic E-state index is 13.1. The largest absolute Gasteiger partial charge is 0.491 e. The fourth-order valence-electron chi connectivity index (χ4n) is 4.20. The molecule has 0 aliphatic heterocycles. The number of hydrogen-bond acceptors (Lipinski definition) is 5. The first kappa shape index (κ1) is 30.0. The summed E-state index contributed by atoms with van der Waals surface area (Å²) in [6.45, 7) is 1.51. The Morgan fingerprint density at radius 2 is 1.82 bits per heavy atom. The van der Waals surface area contributed by atoms with E-state index in [2.05, 4.69) is 0 Å². The van der Waals surface area contributed by atoms with E-state index in [9.17, 15) is 32.7 Å². The lowest BCUT2D eigenvalue weighted by molar-refractivity contribution is -0.142. The van der Waals surface area contributed by atoms with E-state index in [1.165, 1.54) is 28.8 Å². The summed E-state index contributed by atoms with van der Waals surface area (Å²) in [5.74, 6) is -0.652. The number of nitrogens with zero attached hydrogens (tertiary/aromatic N) is 3. The van der Waals surface area contributed by atoms with Crippen LogP contribution in [0.1, 0.15) is 35.6 Å². The molecule has 0 saturated carbocycles. The quantitative estimate of drug-likeness (QED) is 0.345. The number of halogens is 4. The molecule has 39 heavy (non-hydrogen) atoms. The number of carboxylic acid groups (broad SMARTS) is 1. The molecular weight excluding hydrogens is 539 g/mol. The van der Waals surface area contributed by atoms with Crippen LogP contribution in [0, 0.1) is 6.92 Å². The van der Waals surface area contributed by atoms with Crippen molar-refractivity contribution in [3.63, 3.8) is 0 Å². The summed E-state index contributed by atoms with van der Waals surface area (Å²) in [7, 11) is 1.54. The zero-order chi connectivity index (χ0) is 28.7. The van der Waals surface area contributed by atoms with Gasteiger partial charge in [-0.05, 0) is 41.8 Å². The van der Waals surface area contributed by atoms with E-state index in [1.54, 1.807) is 49.4 Å². The molecule has 0 aliphatic rings. The molecule has 2 aromatic carbocycles. The Morgan fingerprint density at radius 1 is 1.13 bits per heavy atom. The van der Waals surface area contributed by atoms with Crippen LogP contribution in [0.25, 0.3) is 0 Å². The molecule has 0 aliphatic carbocycles. The van der Waals surface area contributed by atoms with Crippen LogP contribution in [0.4, 0.5) is 13.2 Å². The van der Waals surface area contributed by atoms with Crippen LogP contribution in [-0.2, 0) is 24.9 Å². The van der Waals surface area contributed by atoms with Gasteiger partial charge in [-0.15, -0.1) is 0 Å². The molecule has 1 aromatic heterocycles. The van der Waals surface area contributed by atoms with Crippen LogP contribution in [0.5, 0.6) is 5.75 Å². The highest BCUT2D eigenvalue weighted by Crippen LogP contribution is 2.31. The zero-order valence-electron chi connectivity index (χ0n) is 21.4. The number of carbonyl (C=O) groups is 1. The summed E-state index contributed by atoms with van der Waals surface area (Å²) in [6.07, 6.45) is -4.52. The second-order valence-electron chi connectivity index (χ2n) is 9.15. The molecule has 0 spiro atoms. The molecule has 1 atom stereocenters. The highest BCUT2D eigenvalue weighted by atomic mass is 35.5. The van der Waals surface area contributed by atoms with Gasteiger partial charge in [0.1, 0.15) is 12.4 Å². The Balaban J connectivity index is 1.79. The second-order valence-corrected chi connectivity index (χ2v) is 9.58. The molecular formula is C27H29ClF3N3O5. The van der Waals surface area contributed by atoms with E-state index in [4.69, 9.17) is 16.3 Å². The second kappa shape index (κ2) is 13.0. The minimum absolute atomic E-state index is 0.0384. The number of ether oxygens (including phenoxy) is 1. The van der Waals surface area contributed by atoms with Crippen LogP contribution in [0.3, 0.4) is 0 Å². The minimum Gasteiger partial charge on any atom is -0.491 e. The van der Waals surface area contributed by atoms with Gasteiger partial charge in [0.15, 0.2) is 0 Å². The molecule has 1 unspecified atom stereocenters. The SMILES string of the molecule is Cc1cc(CN(CCC(F)(F)F)C(CC(=O)O)c2ccc(Cl)cc2)ccc1OCCn1c(=O)ccn(C)c1=O. The Labute approximate surface area is 227 Å². The number of rotatable bonds is 12. The van der Waals surface area contributed by atoms with Crippen LogP contribution in [0.2, 0.25) is 5.02 Å². The predicted molar refractivity (Wildman–Crippen MR) is 140 cm³/mol. The average molecular weight is 568 g/mol. The van der Waals surface area contributed by atoms with Gasteiger partial charge in [0, 0.05) is 43.5 Å². The van der Waals surface area contributed by atoms with Crippen molar-refractivity contribution in [1.82, 2.24) is 14.0 Å². The van der Waals surface area contributed by atoms with Gasteiger partial charge in [-0.25, -0.2) is 4.79 Å². The average Bonchev–Trinajstić information content (AvgIpc) is 2.86. The molecule has 0 bridgehead atoms. The van der Waals surface area contributed by atoms with Crippen LogP contribution in [0.15, 0.2) is 64.3 Å². The van der Waals surface area contributed by atoms with Crippen molar-refractivity contribution in [2.24, 2.45) is 7.05 Å². The number of aromatic nitrogens is 2. The molecule has 0 saturated heterocycles. The van der Waals surface area contributed by atoms with Crippen molar-refractivity contribution in [2.45, 2.75) is 45.1 Å². The third-order valence-electron chi connectivity index (χ3n) is 6.18. The van der Waals surface area contributed by atoms with Gasteiger partial charge in [-0.1, -0.05) is 35.9 Å². The van der Waals surface area contributed by atoms with Crippen molar-refractivity contribution in [1.29, 1.82) is 0 Å². The first-order valence-electron chi connectivity index (χ1n) is 12.1. The molecule has 3 aromatic rings. The Bertz CT molecular complexity index is 1400. The molecule has 12 heteroatoms. The van der Waals surface area contributed by atoms with Crippen molar-refractivity contribution < 1.29 is 27.8 Å². The molecule has 1 N–H and O–H groups in total. The van der Waals surface area contributed by atoms with Gasteiger partial charge in [-0.3, -0.25) is 19.1 Å². The highest BCUT2D eigenvalue weighted by Gasteiger charge is 2.31. The lowest BCUT2D eigenvalue weighted by Crippen LogP contribution is -2.39. The monoisotopic (exact) mass is 567 g/mol. The summed E-state index contributed by atoms with van der Waals surface area (Å²) < 4.78 is 47.5. The normalized spacial score (nSPS) is 12.5. The Hall–Kier alpha value is -3.57. The summed E-state index contributed by atoms with van der Waals surface area (Å²) in [5.41, 5.74) is 0.998. The number of hydrogen-bond donors (Lipinski definition) is 1. The number of benzene rings is 2. The van der Waals surface area contributed by atoms with E-state index in [0.717, 1.165) is 4.57 Å². The van der Waals surface area contributed by atoms with Crippen molar-refractivity contribution in [3.8, 4) is 5.75 Å². The van der Waals surface area contributed by atoms with Gasteiger partial charge in [0.2, 0.25) is 0 Å². The number of aryl methyl sites for hydroxylation is 2. The summed E-state index contributed by atoms with van der Waals surface area (Å²) in [5, 5.41) is 9.93. The van der Waals surface area contributed by atoms with E-state index in [1.807, 2.05) is 0 Å². The molecule has 0 amide bonds. The van der Waals surface area contributed by atoms with Crippen molar-refractivity contribution in [2.75, 3.05) is 13.2 Å².